The molecule has 0 saturated heterocycles. The minimum absolute atomic E-state index is 0.0798. The highest BCUT2D eigenvalue weighted by atomic mass is 35.5. The van der Waals surface area contributed by atoms with Crippen molar-refractivity contribution < 1.29 is 9.18 Å². The molecule has 1 unspecified atom stereocenters. The smallest absolute Gasteiger partial charge is 0.157 e. The summed E-state index contributed by atoms with van der Waals surface area (Å²) < 4.78 is 13.3. The van der Waals surface area contributed by atoms with Gasteiger partial charge in [0.1, 0.15) is 5.82 Å². The normalized spacial score (nSPS) is 14.3. The molecule has 0 heterocycles. The van der Waals surface area contributed by atoms with Gasteiger partial charge in [0.25, 0.3) is 0 Å². The average molecular weight is 300 g/mol. The van der Waals surface area contributed by atoms with E-state index < -0.39 is 5.54 Å². The minimum atomic E-state index is -0.529. The van der Waals surface area contributed by atoms with Gasteiger partial charge in [0, 0.05) is 11.4 Å². The van der Waals surface area contributed by atoms with Crippen LogP contribution < -0.4 is 0 Å². The number of hydrogen-bond donors (Lipinski definition) is 0. The number of benzene rings is 1. The lowest BCUT2D eigenvalue weighted by Crippen LogP contribution is -2.52. The Kier molecular flexibility index (Phi) is 6.15. The summed E-state index contributed by atoms with van der Waals surface area (Å²) in [6, 6.07) is 4.15. The SMILES string of the molecule is CCN(CC)C(C)(CC)C(=O)Cc1cc(F)ccc1Cl. The zero-order valence-corrected chi connectivity index (χ0v) is 13.4. The molecule has 0 spiro atoms. The lowest BCUT2D eigenvalue weighted by atomic mass is 9.87. The van der Waals surface area contributed by atoms with Crippen molar-refractivity contribution in [3.8, 4) is 0 Å². The summed E-state index contributed by atoms with van der Waals surface area (Å²) in [6.45, 7) is 9.66. The van der Waals surface area contributed by atoms with E-state index in [0.29, 0.717) is 10.6 Å². The van der Waals surface area contributed by atoms with Crippen molar-refractivity contribution in [3.05, 3.63) is 34.6 Å². The molecule has 1 atom stereocenters. The molecule has 1 rings (SSSR count). The highest BCUT2D eigenvalue weighted by Gasteiger charge is 2.35. The fraction of sp³-hybridized carbons (Fsp3) is 0.562. The van der Waals surface area contributed by atoms with Gasteiger partial charge in [-0.1, -0.05) is 32.4 Å². The number of rotatable bonds is 7. The van der Waals surface area contributed by atoms with E-state index >= 15 is 0 Å². The molecule has 2 nitrogen and oxygen atoms in total. The van der Waals surface area contributed by atoms with E-state index in [1.165, 1.54) is 18.2 Å². The number of likely N-dealkylation sites (N-methyl/N-ethyl adjacent to an activating group) is 1. The van der Waals surface area contributed by atoms with Crippen LogP contribution in [0.2, 0.25) is 5.02 Å². The molecule has 112 valence electrons. The van der Waals surface area contributed by atoms with Gasteiger partial charge < -0.3 is 0 Å². The van der Waals surface area contributed by atoms with Crippen LogP contribution >= 0.6 is 11.6 Å². The van der Waals surface area contributed by atoms with Crippen molar-refractivity contribution >= 4 is 17.4 Å². The molecular formula is C16H23ClFNO. The molecule has 0 fully saturated rings. The molecule has 1 aromatic rings. The van der Waals surface area contributed by atoms with Crippen molar-refractivity contribution in [2.24, 2.45) is 0 Å². The predicted molar refractivity (Wildman–Crippen MR) is 81.7 cm³/mol. The minimum Gasteiger partial charge on any atom is -0.297 e. The molecule has 0 radical (unpaired) electrons. The summed E-state index contributed by atoms with van der Waals surface area (Å²) >= 11 is 6.05. The number of carbonyl (C=O) groups is 1. The molecular weight excluding hydrogens is 277 g/mol. The summed E-state index contributed by atoms with van der Waals surface area (Å²) in [5, 5.41) is 0.442. The third-order valence-corrected chi connectivity index (χ3v) is 4.48. The van der Waals surface area contributed by atoms with Gasteiger partial charge in [-0.25, -0.2) is 4.39 Å². The topological polar surface area (TPSA) is 20.3 Å². The van der Waals surface area contributed by atoms with Gasteiger partial charge in [-0.15, -0.1) is 0 Å². The van der Waals surface area contributed by atoms with Gasteiger partial charge in [0.2, 0.25) is 0 Å². The van der Waals surface area contributed by atoms with Crippen LogP contribution in [0.25, 0.3) is 0 Å². The molecule has 0 aliphatic carbocycles. The number of nitrogens with zero attached hydrogens (tertiary/aromatic N) is 1. The standard InChI is InChI=1S/C16H23ClFNO/c1-5-16(4,19(6-2)7-3)15(20)11-12-10-13(18)8-9-14(12)17/h8-10H,5-7,11H2,1-4H3. The van der Waals surface area contributed by atoms with E-state index in [2.05, 4.69) is 4.90 Å². The van der Waals surface area contributed by atoms with Crippen LogP contribution in [0.3, 0.4) is 0 Å². The van der Waals surface area contributed by atoms with Crippen LogP contribution in [0.15, 0.2) is 18.2 Å². The molecule has 0 saturated carbocycles. The van der Waals surface area contributed by atoms with E-state index in [0.717, 1.165) is 19.5 Å². The van der Waals surface area contributed by atoms with E-state index in [-0.39, 0.29) is 18.0 Å². The van der Waals surface area contributed by atoms with Gasteiger partial charge in [-0.2, -0.15) is 0 Å². The first-order valence-electron chi connectivity index (χ1n) is 7.11. The van der Waals surface area contributed by atoms with Crippen LogP contribution in [0, 0.1) is 5.82 Å². The van der Waals surface area contributed by atoms with Gasteiger partial charge in [-0.3, -0.25) is 9.69 Å². The van der Waals surface area contributed by atoms with Crippen molar-refractivity contribution in [3.63, 3.8) is 0 Å². The molecule has 0 aromatic heterocycles. The first kappa shape index (κ1) is 17.1. The number of carbonyl (C=O) groups excluding carboxylic acids is 1. The second-order valence-electron chi connectivity index (χ2n) is 5.14. The van der Waals surface area contributed by atoms with Crippen LogP contribution in [-0.4, -0.2) is 29.3 Å². The third kappa shape index (κ3) is 3.58. The number of halogens is 2. The average Bonchev–Trinajstić information content (AvgIpc) is 2.43. The largest absolute Gasteiger partial charge is 0.297 e. The van der Waals surface area contributed by atoms with Gasteiger partial charge in [-0.05, 0) is 50.2 Å². The van der Waals surface area contributed by atoms with Crippen LogP contribution in [0.5, 0.6) is 0 Å². The van der Waals surface area contributed by atoms with Crippen molar-refractivity contribution in [2.75, 3.05) is 13.1 Å². The Morgan fingerprint density at radius 1 is 1.30 bits per heavy atom. The summed E-state index contributed by atoms with van der Waals surface area (Å²) in [7, 11) is 0. The molecule has 0 amide bonds. The molecule has 0 aliphatic rings. The van der Waals surface area contributed by atoms with E-state index in [1.54, 1.807) is 0 Å². The molecule has 0 bridgehead atoms. The van der Waals surface area contributed by atoms with Gasteiger partial charge >= 0.3 is 0 Å². The van der Waals surface area contributed by atoms with Crippen LogP contribution in [-0.2, 0) is 11.2 Å². The fourth-order valence-corrected chi connectivity index (χ4v) is 2.75. The Bertz CT molecular complexity index is 474. The van der Waals surface area contributed by atoms with Crippen molar-refractivity contribution in [1.82, 2.24) is 4.90 Å². The van der Waals surface area contributed by atoms with Gasteiger partial charge in [0.15, 0.2) is 5.78 Å². The maximum Gasteiger partial charge on any atom is 0.157 e. The Morgan fingerprint density at radius 3 is 2.40 bits per heavy atom. The lowest BCUT2D eigenvalue weighted by Gasteiger charge is -2.38. The monoisotopic (exact) mass is 299 g/mol. The fourth-order valence-electron chi connectivity index (χ4n) is 2.56. The van der Waals surface area contributed by atoms with E-state index in [1.807, 2.05) is 27.7 Å². The zero-order chi connectivity index (χ0) is 15.3. The number of Topliss-reactive ketones (excluding diaryl/α,β-unsaturated/α-hetero) is 1. The van der Waals surface area contributed by atoms with E-state index in [9.17, 15) is 9.18 Å². The van der Waals surface area contributed by atoms with Crippen LogP contribution in [0.4, 0.5) is 4.39 Å². The Morgan fingerprint density at radius 2 is 1.90 bits per heavy atom. The molecule has 0 aliphatic heterocycles. The zero-order valence-electron chi connectivity index (χ0n) is 12.7. The highest BCUT2D eigenvalue weighted by Crippen LogP contribution is 2.25. The van der Waals surface area contributed by atoms with Gasteiger partial charge in [0.05, 0.1) is 5.54 Å². The Balaban J connectivity index is 3.00. The van der Waals surface area contributed by atoms with E-state index in [4.69, 9.17) is 11.6 Å². The maximum absolute atomic E-state index is 13.3. The summed E-state index contributed by atoms with van der Waals surface area (Å²) in [4.78, 5) is 14.8. The second-order valence-corrected chi connectivity index (χ2v) is 5.54. The maximum atomic E-state index is 13.3. The first-order valence-corrected chi connectivity index (χ1v) is 7.49. The molecule has 1 aromatic carbocycles. The van der Waals surface area contributed by atoms with Crippen molar-refractivity contribution in [2.45, 2.75) is 46.1 Å². The number of ketones is 1. The molecule has 0 N–H and O–H groups in total. The summed E-state index contributed by atoms with van der Waals surface area (Å²) in [5.74, 6) is -0.283. The second kappa shape index (κ2) is 7.19. The van der Waals surface area contributed by atoms with Crippen LogP contribution in [0.1, 0.15) is 39.7 Å². The van der Waals surface area contributed by atoms with Crippen molar-refractivity contribution in [1.29, 1.82) is 0 Å². The highest BCUT2D eigenvalue weighted by molar-refractivity contribution is 6.31. The molecule has 20 heavy (non-hydrogen) atoms. The summed E-state index contributed by atoms with van der Waals surface area (Å²) in [6.07, 6.45) is 0.887. The summed E-state index contributed by atoms with van der Waals surface area (Å²) in [5.41, 5.74) is 0.0302. The lowest BCUT2D eigenvalue weighted by molar-refractivity contribution is -0.129. The third-order valence-electron chi connectivity index (χ3n) is 4.11. The number of hydrogen-bond acceptors (Lipinski definition) is 2. The Labute approximate surface area is 125 Å². The first-order chi connectivity index (χ1) is 9.38. The predicted octanol–water partition coefficient (Wildman–Crippen LogP) is 4.10. The quantitative estimate of drug-likeness (QED) is 0.755. The molecule has 4 heteroatoms. The Hall–Kier alpha value is -0.930.